The van der Waals surface area contributed by atoms with E-state index in [1.54, 1.807) is 0 Å². The first-order valence-electron chi connectivity index (χ1n) is 11.6. The van der Waals surface area contributed by atoms with Crippen molar-refractivity contribution < 1.29 is 40.3 Å². The number of carbonyl (C=O) groups excluding carboxylic acids is 2. The van der Waals surface area contributed by atoms with Gasteiger partial charge in [0.25, 0.3) is 11.8 Å². The molecular weight excluding hydrogens is 612 g/mol. The van der Waals surface area contributed by atoms with E-state index in [0.717, 1.165) is 25.0 Å². The third-order valence-electron chi connectivity index (χ3n) is 5.95. The normalized spacial score (nSPS) is 15.0. The number of alkyl halides is 6. The maximum absolute atomic E-state index is 15.0. The average Bonchev–Trinajstić information content (AvgIpc) is 3.68. The van der Waals surface area contributed by atoms with Crippen LogP contribution in [-0.2, 0) is 11.0 Å². The number of nitrogens with one attached hydrogen (secondary N) is 2. The highest BCUT2D eigenvalue weighted by Crippen LogP contribution is 2.43. The first-order valence-corrected chi connectivity index (χ1v) is 12.7. The molecule has 4 nitrogen and oxygen atoms in total. The molecule has 216 valence electrons. The summed E-state index contributed by atoms with van der Waals surface area (Å²) < 4.78 is 97.8. The fourth-order valence-electron chi connectivity index (χ4n) is 3.67. The van der Waals surface area contributed by atoms with E-state index in [-0.39, 0.29) is 27.2 Å². The number of hydrogen-bond acceptors (Lipinski definition) is 2. The van der Waals surface area contributed by atoms with Crippen molar-refractivity contribution >= 4 is 52.4 Å². The fourth-order valence-corrected chi connectivity index (χ4v) is 4.28. The van der Waals surface area contributed by atoms with E-state index in [4.69, 9.17) is 34.8 Å². The summed E-state index contributed by atoms with van der Waals surface area (Å²) in [6.07, 6.45) is -7.46. The number of carbonyl (C=O) groups is 2. The summed E-state index contributed by atoms with van der Waals surface area (Å²) in [5.41, 5.74) is -4.66. The van der Waals surface area contributed by atoms with Crippen LogP contribution in [0.1, 0.15) is 52.2 Å². The van der Waals surface area contributed by atoms with Gasteiger partial charge in [-0.1, -0.05) is 60.3 Å². The predicted molar refractivity (Wildman–Crippen MR) is 138 cm³/mol. The third-order valence-corrected chi connectivity index (χ3v) is 7.15. The first-order chi connectivity index (χ1) is 18.5. The summed E-state index contributed by atoms with van der Waals surface area (Å²) in [6.45, 7) is 3.64. The Morgan fingerprint density at radius 1 is 1.02 bits per heavy atom. The standard InChI is InChI=1S/C26H20Cl3F7N2O2/c1-12(23(39)37-7-6-13-2-3-13)38-24(40)16-5-4-14(8-18(16)26(34,35)36)21(30)11-17(25(31,32)33)15-9-19(27)22(29)20(28)10-15/h4-5,8-11,13,17H,1-3,6-7H2,(H,37,39)(H,38,40)/b21-11-. The topological polar surface area (TPSA) is 58.2 Å². The molecule has 0 radical (unpaired) electrons. The maximum Gasteiger partial charge on any atom is 0.417 e. The number of hydrogen-bond donors (Lipinski definition) is 2. The smallest absolute Gasteiger partial charge is 0.351 e. The highest BCUT2D eigenvalue weighted by molar-refractivity contribution is 6.48. The van der Waals surface area contributed by atoms with E-state index in [2.05, 4.69) is 11.9 Å². The van der Waals surface area contributed by atoms with Crippen molar-refractivity contribution in [3.05, 3.63) is 86.0 Å². The van der Waals surface area contributed by atoms with Crippen LogP contribution in [0.2, 0.25) is 15.1 Å². The highest BCUT2D eigenvalue weighted by atomic mass is 35.5. The maximum atomic E-state index is 15.0. The Morgan fingerprint density at radius 2 is 1.62 bits per heavy atom. The fraction of sp³-hybridized carbons (Fsp3) is 0.308. The lowest BCUT2D eigenvalue weighted by Gasteiger charge is -2.19. The second kappa shape index (κ2) is 12.4. The number of amides is 2. The van der Waals surface area contributed by atoms with E-state index in [1.165, 1.54) is 0 Å². The lowest BCUT2D eigenvalue weighted by atomic mass is 9.95. The molecule has 14 heteroatoms. The number of benzene rings is 2. The molecule has 1 fully saturated rings. The molecule has 0 bridgehead atoms. The average molecular weight is 632 g/mol. The highest BCUT2D eigenvalue weighted by Gasteiger charge is 2.41. The van der Waals surface area contributed by atoms with Crippen LogP contribution in [0.25, 0.3) is 5.83 Å². The number of allylic oxidation sites excluding steroid dienone is 1. The molecule has 0 saturated heterocycles. The molecule has 2 amide bonds. The Morgan fingerprint density at radius 3 is 2.15 bits per heavy atom. The Labute approximate surface area is 239 Å². The Bertz CT molecular complexity index is 1330. The summed E-state index contributed by atoms with van der Waals surface area (Å²) in [7, 11) is 0. The van der Waals surface area contributed by atoms with Crippen LogP contribution in [0.15, 0.2) is 48.7 Å². The van der Waals surface area contributed by atoms with Gasteiger partial charge in [0, 0.05) is 12.1 Å². The monoisotopic (exact) mass is 630 g/mol. The predicted octanol–water partition coefficient (Wildman–Crippen LogP) is 8.48. The summed E-state index contributed by atoms with van der Waals surface area (Å²) in [6, 6.07) is 3.08. The molecule has 1 aliphatic rings. The van der Waals surface area contributed by atoms with Crippen molar-refractivity contribution in [3.63, 3.8) is 0 Å². The van der Waals surface area contributed by atoms with Gasteiger partial charge >= 0.3 is 12.4 Å². The van der Waals surface area contributed by atoms with Crippen molar-refractivity contribution in [1.82, 2.24) is 10.6 Å². The van der Waals surface area contributed by atoms with Gasteiger partial charge in [0.2, 0.25) is 0 Å². The number of rotatable bonds is 9. The molecule has 3 rings (SSSR count). The van der Waals surface area contributed by atoms with Gasteiger partial charge in [-0.15, -0.1) is 0 Å². The van der Waals surface area contributed by atoms with Crippen LogP contribution >= 0.6 is 34.8 Å². The minimum atomic E-state index is -5.21. The second-order valence-corrected chi connectivity index (χ2v) is 10.2. The van der Waals surface area contributed by atoms with Crippen LogP contribution in [-0.4, -0.2) is 24.5 Å². The van der Waals surface area contributed by atoms with Crippen LogP contribution < -0.4 is 10.6 Å². The second-order valence-electron chi connectivity index (χ2n) is 9.01. The lowest BCUT2D eigenvalue weighted by Crippen LogP contribution is -2.35. The van der Waals surface area contributed by atoms with Crippen molar-refractivity contribution in [2.45, 2.75) is 37.5 Å². The molecule has 40 heavy (non-hydrogen) atoms. The zero-order chi connectivity index (χ0) is 30.0. The van der Waals surface area contributed by atoms with Gasteiger partial charge in [-0.3, -0.25) is 9.59 Å². The molecule has 1 unspecified atom stereocenters. The van der Waals surface area contributed by atoms with E-state index in [1.807, 2.05) is 5.32 Å². The summed E-state index contributed by atoms with van der Waals surface area (Å²) in [4.78, 5) is 24.6. The van der Waals surface area contributed by atoms with Gasteiger partial charge in [0.15, 0.2) is 0 Å². The number of halogens is 10. The molecule has 0 aliphatic heterocycles. The zero-order valence-corrected chi connectivity index (χ0v) is 22.5. The quantitative estimate of drug-likeness (QED) is 0.166. The van der Waals surface area contributed by atoms with E-state index < -0.39 is 63.9 Å². The van der Waals surface area contributed by atoms with Crippen LogP contribution in [0.5, 0.6) is 0 Å². The summed E-state index contributed by atoms with van der Waals surface area (Å²) >= 11 is 17.3. The minimum absolute atomic E-state index is 0.0545. The van der Waals surface area contributed by atoms with Crippen molar-refractivity contribution in [2.75, 3.05) is 6.54 Å². The minimum Gasteiger partial charge on any atom is -0.351 e. The van der Waals surface area contributed by atoms with Crippen molar-refractivity contribution in [1.29, 1.82) is 0 Å². The Kier molecular flexibility index (Phi) is 9.85. The van der Waals surface area contributed by atoms with Gasteiger partial charge in [-0.05, 0) is 48.2 Å². The third kappa shape index (κ3) is 8.14. The molecule has 0 heterocycles. The van der Waals surface area contributed by atoms with Gasteiger partial charge in [-0.25, -0.2) is 4.39 Å². The molecule has 1 aliphatic carbocycles. The van der Waals surface area contributed by atoms with Crippen molar-refractivity contribution in [3.8, 4) is 0 Å². The Hall–Kier alpha value is -2.76. The van der Waals surface area contributed by atoms with Crippen LogP contribution in [0, 0.1) is 5.92 Å². The van der Waals surface area contributed by atoms with E-state index in [9.17, 15) is 35.9 Å². The van der Waals surface area contributed by atoms with E-state index in [0.29, 0.717) is 31.0 Å². The van der Waals surface area contributed by atoms with Gasteiger partial charge in [-0.2, -0.15) is 26.3 Å². The molecule has 1 saturated carbocycles. The molecule has 2 aromatic carbocycles. The van der Waals surface area contributed by atoms with E-state index >= 15 is 4.39 Å². The van der Waals surface area contributed by atoms with Crippen molar-refractivity contribution in [2.24, 2.45) is 5.92 Å². The zero-order valence-electron chi connectivity index (χ0n) is 20.3. The molecular formula is C26H20Cl3F7N2O2. The largest absolute Gasteiger partial charge is 0.417 e. The molecule has 0 spiro atoms. The Balaban J connectivity index is 1.89. The molecule has 0 aromatic heterocycles. The van der Waals surface area contributed by atoms with Gasteiger partial charge in [0.1, 0.15) is 11.7 Å². The molecule has 2 N–H and O–H groups in total. The summed E-state index contributed by atoms with van der Waals surface area (Å²) in [5.74, 6) is -5.99. The molecule has 2 aromatic rings. The van der Waals surface area contributed by atoms with Crippen LogP contribution in [0.4, 0.5) is 30.7 Å². The molecule has 1 atom stereocenters. The van der Waals surface area contributed by atoms with Crippen LogP contribution in [0.3, 0.4) is 0 Å². The van der Waals surface area contributed by atoms with Gasteiger partial charge < -0.3 is 10.6 Å². The van der Waals surface area contributed by atoms with Gasteiger partial charge in [0.05, 0.1) is 31.9 Å². The SMILES string of the molecule is C=C(NC(=O)c1ccc(/C(F)=C/C(c2cc(Cl)c(Cl)c(Cl)c2)C(F)(F)F)cc1C(F)(F)F)C(=O)NCCC1CC1. The first kappa shape index (κ1) is 31.8. The summed E-state index contributed by atoms with van der Waals surface area (Å²) in [5, 5.41) is 3.52. The lowest BCUT2D eigenvalue weighted by molar-refractivity contribution is -0.140.